The largest absolute Gasteiger partial charge is 0.481 e. The Hall–Kier alpha value is -1.06. The Morgan fingerprint density at radius 1 is 1.36 bits per heavy atom. The fourth-order valence-corrected chi connectivity index (χ4v) is 1.44. The molecule has 0 aromatic carbocycles. The molecule has 0 heterocycles. The topological polar surface area (TPSA) is 66.4 Å². The van der Waals surface area contributed by atoms with E-state index in [-0.39, 0.29) is 18.2 Å². The highest BCUT2D eigenvalue weighted by Crippen LogP contribution is 2.14. The summed E-state index contributed by atoms with van der Waals surface area (Å²) in [7, 11) is 0. The average Bonchev–Trinajstić information content (AvgIpc) is 1.97. The van der Waals surface area contributed by atoms with Gasteiger partial charge in [-0.1, -0.05) is 13.8 Å². The first-order chi connectivity index (χ1) is 6.41. The third-order valence-electron chi connectivity index (χ3n) is 1.91. The highest BCUT2D eigenvalue weighted by atomic mass is 16.4. The Morgan fingerprint density at radius 3 is 2.29 bits per heavy atom. The Labute approximate surface area is 84.7 Å². The molecule has 2 N–H and O–H groups in total. The number of carbonyl (C=O) groups is 2. The second-order valence-corrected chi connectivity index (χ2v) is 4.03. The number of hydrogen-bond acceptors (Lipinski definition) is 2. The number of rotatable bonds is 6. The molecule has 14 heavy (non-hydrogen) atoms. The molecule has 0 aromatic heterocycles. The predicted molar refractivity (Wildman–Crippen MR) is 53.9 cm³/mol. The number of nitrogens with one attached hydrogen (secondary N) is 1. The van der Waals surface area contributed by atoms with Crippen LogP contribution in [0.3, 0.4) is 0 Å². The third-order valence-corrected chi connectivity index (χ3v) is 1.91. The fraction of sp³-hybridized carbons (Fsp3) is 0.800. The lowest BCUT2D eigenvalue weighted by atomic mass is 9.94. The predicted octanol–water partition coefficient (Wildman–Crippen LogP) is 1.26. The molecule has 1 amide bonds. The Morgan fingerprint density at radius 2 is 1.93 bits per heavy atom. The summed E-state index contributed by atoms with van der Waals surface area (Å²) in [5.41, 5.74) is 0. The first-order valence-electron chi connectivity index (χ1n) is 4.88. The maximum Gasteiger partial charge on any atom is 0.303 e. The zero-order valence-corrected chi connectivity index (χ0v) is 9.04. The Balaban J connectivity index is 3.96. The molecule has 0 rings (SSSR count). The van der Waals surface area contributed by atoms with Crippen molar-refractivity contribution < 1.29 is 14.7 Å². The Bertz CT molecular complexity index is 202. The first kappa shape index (κ1) is 12.9. The molecule has 0 bridgehead atoms. The second kappa shape index (κ2) is 6.40. The van der Waals surface area contributed by atoms with Crippen molar-refractivity contribution in [3.8, 4) is 0 Å². The van der Waals surface area contributed by atoms with Gasteiger partial charge in [-0.2, -0.15) is 0 Å². The minimum absolute atomic E-state index is 0.0383. The van der Waals surface area contributed by atoms with E-state index in [9.17, 15) is 9.59 Å². The van der Waals surface area contributed by atoms with Crippen molar-refractivity contribution in [2.45, 2.75) is 33.6 Å². The number of carbonyl (C=O) groups excluding carboxylic acids is 1. The molecule has 0 aliphatic heterocycles. The molecule has 4 nitrogen and oxygen atoms in total. The molecular weight excluding hydrogens is 182 g/mol. The van der Waals surface area contributed by atoms with Crippen LogP contribution in [0.5, 0.6) is 0 Å². The minimum Gasteiger partial charge on any atom is -0.481 e. The maximum absolute atomic E-state index is 10.7. The van der Waals surface area contributed by atoms with Gasteiger partial charge >= 0.3 is 5.97 Å². The van der Waals surface area contributed by atoms with Gasteiger partial charge in [-0.15, -0.1) is 0 Å². The number of aliphatic carboxylic acids is 1. The molecule has 82 valence electrons. The van der Waals surface area contributed by atoms with Gasteiger partial charge in [0.2, 0.25) is 5.91 Å². The molecule has 0 radical (unpaired) electrons. The molecule has 0 unspecified atom stereocenters. The van der Waals surface area contributed by atoms with Crippen LogP contribution in [-0.4, -0.2) is 23.5 Å². The van der Waals surface area contributed by atoms with Crippen LogP contribution >= 0.6 is 0 Å². The van der Waals surface area contributed by atoms with E-state index in [2.05, 4.69) is 5.32 Å². The van der Waals surface area contributed by atoms with E-state index in [1.54, 1.807) is 0 Å². The van der Waals surface area contributed by atoms with Crippen LogP contribution in [0.25, 0.3) is 0 Å². The molecule has 0 saturated carbocycles. The quantitative estimate of drug-likeness (QED) is 0.680. The lowest BCUT2D eigenvalue weighted by molar-refractivity contribution is -0.138. The summed E-state index contributed by atoms with van der Waals surface area (Å²) in [6.45, 7) is 5.98. The summed E-state index contributed by atoms with van der Waals surface area (Å²) in [4.78, 5) is 21.2. The molecule has 4 heteroatoms. The van der Waals surface area contributed by atoms with Crippen LogP contribution in [0.4, 0.5) is 0 Å². The highest BCUT2D eigenvalue weighted by Gasteiger charge is 2.14. The van der Waals surface area contributed by atoms with Crippen molar-refractivity contribution in [2.75, 3.05) is 6.54 Å². The summed E-state index contributed by atoms with van der Waals surface area (Å²) < 4.78 is 0. The van der Waals surface area contributed by atoms with E-state index in [0.717, 1.165) is 6.42 Å². The number of amides is 1. The van der Waals surface area contributed by atoms with Crippen molar-refractivity contribution in [2.24, 2.45) is 11.8 Å². The van der Waals surface area contributed by atoms with Gasteiger partial charge in [-0.05, 0) is 18.3 Å². The van der Waals surface area contributed by atoms with Crippen molar-refractivity contribution in [1.82, 2.24) is 5.32 Å². The highest BCUT2D eigenvalue weighted by molar-refractivity contribution is 5.73. The summed E-state index contributed by atoms with van der Waals surface area (Å²) in [6, 6.07) is 0. The van der Waals surface area contributed by atoms with Gasteiger partial charge < -0.3 is 10.4 Å². The van der Waals surface area contributed by atoms with Crippen LogP contribution in [-0.2, 0) is 9.59 Å². The van der Waals surface area contributed by atoms with E-state index in [4.69, 9.17) is 5.11 Å². The lowest BCUT2D eigenvalue weighted by Crippen LogP contribution is -2.29. The summed E-state index contributed by atoms with van der Waals surface area (Å²) in [6.07, 6.45) is 0.949. The number of carboxylic acid groups (broad SMARTS) is 1. The van der Waals surface area contributed by atoms with E-state index in [0.29, 0.717) is 12.5 Å². The standard InChI is InChI=1S/C10H19NO3/c1-7(2)4-9(5-10(13)14)6-11-8(3)12/h7,9H,4-6H2,1-3H3,(H,11,12)(H,13,14)/t9-/m1/s1. The first-order valence-corrected chi connectivity index (χ1v) is 4.88. The van der Waals surface area contributed by atoms with Gasteiger partial charge in [0.25, 0.3) is 0 Å². The zero-order valence-electron chi connectivity index (χ0n) is 9.04. The van der Waals surface area contributed by atoms with Crippen molar-refractivity contribution in [3.63, 3.8) is 0 Å². The Kier molecular flexibility index (Phi) is 5.92. The third kappa shape index (κ3) is 7.58. The van der Waals surface area contributed by atoms with Crippen LogP contribution in [0.1, 0.15) is 33.6 Å². The normalized spacial score (nSPS) is 12.6. The van der Waals surface area contributed by atoms with E-state index < -0.39 is 5.97 Å². The van der Waals surface area contributed by atoms with Gasteiger partial charge in [0, 0.05) is 19.9 Å². The van der Waals surface area contributed by atoms with Crippen molar-refractivity contribution >= 4 is 11.9 Å². The molecule has 0 aliphatic carbocycles. The van der Waals surface area contributed by atoms with Gasteiger partial charge in [-0.25, -0.2) is 0 Å². The van der Waals surface area contributed by atoms with Gasteiger partial charge in [0.15, 0.2) is 0 Å². The number of hydrogen-bond donors (Lipinski definition) is 2. The number of carboxylic acids is 1. The summed E-state index contributed by atoms with van der Waals surface area (Å²) in [5.74, 6) is -0.422. The summed E-state index contributed by atoms with van der Waals surface area (Å²) >= 11 is 0. The molecule has 0 spiro atoms. The second-order valence-electron chi connectivity index (χ2n) is 4.03. The minimum atomic E-state index is -0.805. The molecule has 1 atom stereocenters. The lowest BCUT2D eigenvalue weighted by Gasteiger charge is -2.16. The molecule has 0 aliphatic rings. The average molecular weight is 201 g/mol. The van der Waals surface area contributed by atoms with E-state index in [1.807, 2.05) is 13.8 Å². The van der Waals surface area contributed by atoms with E-state index >= 15 is 0 Å². The van der Waals surface area contributed by atoms with Crippen LogP contribution in [0.15, 0.2) is 0 Å². The molecule has 0 fully saturated rings. The summed E-state index contributed by atoms with van der Waals surface area (Å²) in [5, 5.41) is 11.3. The van der Waals surface area contributed by atoms with Crippen molar-refractivity contribution in [1.29, 1.82) is 0 Å². The molecule has 0 aromatic rings. The van der Waals surface area contributed by atoms with Crippen molar-refractivity contribution in [3.05, 3.63) is 0 Å². The SMILES string of the molecule is CC(=O)NC[C@@H](CC(=O)O)CC(C)C. The van der Waals surface area contributed by atoms with Gasteiger partial charge in [-0.3, -0.25) is 9.59 Å². The fourth-order valence-electron chi connectivity index (χ4n) is 1.44. The van der Waals surface area contributed by atoms with Gasteiger partial charge in [0.1, 0.15) is 0 Å². The van der Waals surface area contributed by atoms with E-state index in [1.165, 1.54) is 6.92 Å². The van der Waals surface area contributed by atoms with Crippen LogP contribution < -0.4 is 5.32 Å². The smallest absolute Gasteiger partial charge is 0.303 e. The molecular formula is C10H19NO3. The van der Waals surface area contributed by atoms with Crippen LogP contribution in [0.2, 0.25) is 0 Å². The molecule has 0 saturated heterocycles. The zero-order chi connectivity index (χ0) is 11.1. The maximum atomic E-state index is 10.7. The monoisotopic (exact) mass is 201 g/mol. The van der Waals surface area contributed by atoms with Gasteiger partial charge in [0.05, 0.1) is 0 Å². The van der Waals surface area contributed by atoms with Crippen LogP contribution in [0, 0.1) is 11.8 Å².